The van der Waals surface area contributed by atoms with Crippen LogP contribution in [0.15, 0.2) is 163 Å². The number of likely N-dealkylation sites (tertiary alicyclic amines) is 4. The molecule has 8 aliphatic rings. The first kappa shape index (κ1) is 86.2. The number of fused-ring (bicyclic) bond motifs is 4. The molecule has 0 unspecified atom stereocenters. The molecule has 4 fully saturated rings. The largest absolute Gasteiger partial charge is 0.507 e. The topological polar surface area (TPSA) is 438 Å². The number of carbonyl (C=O) groups excluding carboxylic acids is 4. The minimum Gasteiger partial charge on any atom is -0.507 e. The summed E-state index contributed by atoms with van der Waals surface area (Å²) in [5.74, 6) is 2.66. The lowest BCUT2D eigenvalue weighted by molar-refractivity contribution is -0.134. The second kappa shape index (κ2) is 37.7. The van der Waals surface area contributed by atoms with E-state index in [1.165, 1.54) is 0 Å². The van der Waals surface area contributed by atoms with Gasteiger partial charge in [0.1, 0.15) is 64.4 Å². The minimum atomic E-state index is -3.62. The molecule has 15 rings (SSSR count). The summed E-state index contributed by atoms with van der Waals surface area (Å²) in [5.41, 5.74) is 30.5. The number of benzene rings is 7. The predicted octanol–water partition coefficient (Wildman–Crippen LogP) is 8.56. The normalized spacial score (nSPS) is 20.4. The van der Waals surface area contributed by atoms with E-state index < -0.39 is 40.1 Å². The fourth-order valence-electron chi connectivity index (χ4n) is 15.7. The monoisotopic (exact) mass is 1690 g/mol. The number of amides is 4. The Morgan fingerprint density at radius 3 is 1.25 bits per heavy atom. The van der Waals surface area contributed by atoms with Gasteiger partial charge in [-0.3, -0.25) is 19.2 Å². The van der Waals surface area contributed by atoms with Crippen LogP contribution in [0.25, 0.3) is 0 Å². The highest BCUT2D eigenvalue weighted by Crippen LogP contribution is 2.36. The molecule has 628 valence electrons. The fourth-order valence-corrected chi connectivity index (χ4v) is 20.1. The first-order valence-corrected chi connectivity index (χ1v) is 45.7. The number of methoxy groups -OCH3 is 1. The van der Waals surface area contributed by atoms with Crippen molar-refractivity contribution in [2.75, 3.05) is 79.4 Å². The highest BCUT2D eigenvalue weighted by Gasteiger charge is 2.35. The van der Waals surface area contributed by atoms with Gasteiger partial charge in [-0.25, -0.2) is 33.7 Å². The van der Waals surface area contributed by atoms with Crippen molar-refractivity contribution in [3.05, 3.63) is 212 Å². The summed E-state index contributed by atoms with van der Waals surface area (Å²) in [6.45, 7) is 12.2. The molecule has 7 aromatic carbocycles. The van der Waals surface area contributed by atoms with Gasteiger partial charge in [0.15, 0.2) is 0 Å². The van der Waals surface area contributed by atoms with Crippen LogP contribution < -0.4 is 46.6 Å². The van der Waals surface area contributed by atoms with Crippen LogP contribution in [-0.4, -0.2) is 191 Å². The standard InChI is InChI=1S/2C22H25N3O5S.C21H23N3O4S.C19H27N3O4S/c1-29-18-8-2-6-16(11-18)22(26)25-10-4-5-15(12-25)13-30-19-9-3-7-17-14-31(27,28)24-21(23)20(17)19;1-14-8-9-17(18(26)11-14)22(27)25-10-3-2-6-16(25)12-30-19-7-4-5-15-13-31(28,29)24-21(23)20(15)19;22-20-19-17(14-29(26,27)23-20)9-4-10-18(19)28-13-15-6-5-11-24(12-15)21(25)16-7-2-1-3-8-16;1-13(2)9-17(23)22-8-4-5-14(10-22)11-26-16-7-3-6-15-12-27(24,25)21-19(20)18(15)16/h2-3,6-9,11,15H,4-5,10,12-14H2,1H3,(H2,23,24);4-5,7-9,11,16,26H,2-3,6,10,12-13H2,1H3,(H2,23,24);1-4,7-10,15H,5-6,11-14H2,(H2,22,23);3,6-7,13-14H,4-5,8-12H2,1-2H3,(H2,20,21)/t15-;16-;15-;14-/m0100/s1. The number of phenols is 1. The number of aryl methyl sites for hydroxylation is 1. The number of nitrogens with two attached hydrogens (primary N) is 4. The molecule has 0 saturated carbocycles. The number of piperidine rings is 4. The van der Waals surface area contributed by atoms with Gasteiger partial charge >= 0.3 is 0 Å². The highest BCUT2D eigenvalue weighted by atomic mass is 32.2. The van der Waals surface area contributed by atoms with E-state index >= 15 is 0 Å². The third-order valence-electron chi connectivity index (χ3n) is 21.3. The maximum atomic E-state index is 13.1. The van der Waals surface area contributed by atoms with Crippen molar-refractivity contribution >= 4 is 87.1 Å². The zero-order valence-electron chi connectivity index (χ0n) is 66.3. The number of rotatable bonds is 18. The molecule has 8 heterocycles. The Morgan fingerprint density at radius 1 is 0.441 bits per heavy atom. The minimum absolute atomic E-state index is 0.0239. The van der Waals surface area contributed by atoms with Crippen LogP contribution in [-0.2, 0) is 67.9 Å². The molecule has 8 aliphatic heterocycles. The molecule has 4 amide bonds. The van der Waals surface area contributed by atoms with E-state index in [-0.39, 0.29) is 112 Å². The van der Waals surface area contributed by atoms with Gasteiger partial charge in [-0.1, -0.05) is 92.7 Å². The number of amidine groups is 4. The first-order valence-electron chi connectivity index (χ1n) is 39.3. The zero-order chi connectivity index (χ0) is 84.2. The summed E-state index contributed by atoms with van der Waals surface area (Å²) in [7, 11) is -12.8. The summed E-state index contributed by atoms with van der Waals surface area (Å²) in [6.07, 6.45) is 8.86. The number of aromatic hydroxyl groups is 1. The quantitative estimate of drug-likeness (QED) is 0.0537. The van der Waals surface area contributed by atoms with E-state index in [0.717, 1.165) is 76.4 Å². The lowest BCUT2D eigenvalue weighted by Crippen LogP contribution is -2.46. The Balaban J connectivity index is 0.000000145. The molecular formula is C84H100N12O18S4. The van der Waals surface area contributed by atoms with Crippen LogP contribution in [0.1, 0.15) is 159 Å². The third-order valence-corrected chi connectivity index (χ3v) is 25.9. The van der Waals surface area contributed by atoms with Gasteiger partial charge in [-0.2, -0.15) is 0 Å². The number of hydrogen-bond acceptors (Lipinski definition) is 22. The number of ether oxygens (including phenoxy) is 5. The molecule has 118 heavy (non-hydrogen) atoms. The smallest absolute Gasteiger partial charge is 0.259 e. The summed E-state index contributed by atoms with van der Waals surface area (Å²) in [6, 6.07) is 42.2. The SMILES string of the molecule is CC(C)CC(=O)N1CCC[C@H](COc2cccc3c2C(N)=NS(=O)(=O)C3)C1.COc1cccc(C(=O)N2CCC[C@H](COc3cccc4c3C(N)=NS(=O)(=O)C4)C2)c1.Cc1ccc(C(=O)N2CCCC[C@@H]2COc2cccc3c2C(N)=NS(=O)(=O)C3)c(O)c1.NC1=NS(=O)(=O)Cc2cccc(OC[C@H]3CCCN(C(=O)c4ccccc4)C3)c21. The summed E-state index contributed by atoms with van der Waals surface area (Å²) >= 11 is 0. The summed E-state index contributed by atoms with van der Waals surface area (Å²) in [4.78, 5) is 58.5. The molecule has 0 aliphatic carbocycles. The summed E-state index contributed by atoms with van der Waals surface area (Å²) < 4.78 is 138. The van der Waals surface area contributed by atoms with Crippen molar-refractivity contribution in [3.8, 4) is 34.5 Å². The highest BCUT2D eigenvalue weighted by molar-refractivity contribution is 7.90. The molecule has 30 nitrogen and oxygen atoms in total. The Kier molecular flexibility index (Phi) is 27.5. The van der Waals surface area contributed by atoms with Crippen LogP contribution >= 0.6 is 0 Å². The van der Waals surface area contributed by atoms with Crippen molar-refractivity contribution in [1.82, 2.24) is 19.6 Å². The first-order chi connectivity index (χ1) is 56.3. The van der Waals surface area contributed by atoms with Crippen LogP contribution in [0.5, 0.6) is 34.5 Å². The fraction of sp³-hybridized carbons (Fsp3) is 0.405. The maximum absolute atomic E-state index is 13.1. The lowest BCUT2D eigenvalue weighted by Gasteiger charge is -2.36. The Morgan fingerprint density at radius 2 is 0.831 bits per heavy atom. The van der Waals surface area contributed by atoms with Gasteiger partial charge in [0, 0.05) is 81.1 Å². The van der Waals surface area contributed by atoms with Gasteiger partial charge in [0.2, 0.25) is 5.91 Å². The Hall–Kier alpha value is -11.1. The van der Waals surface area contributed by atoms with Crippen molar-refractivity contribution in [2.24, 2.45) is 64.2 Å². The molecule has 4 saturated heterocycles. The van der Waals surface area contributed by atoms with Crippen molar-refractivity contribution in [2.45, 2.75) is 114 Å². The second-order valence-electron chi connectivity index (χ2n) is 30.9. The Bertz CT molecular complexity index is 5530. The molecular weight excluding hydrogens is 1590 g/mol. The third kappa shape index (κ3) is 22.0. The molecule has 4 atom stereocenters. The molecule has 0 spiro atoms. The zero-order valence-corrected chi connectivity index (χ0v) is 69.6. The van der Waals surface area contributed by atoms with Crippen molar-refractivity contribution in [3.63, 3.8) is 0 Å². The van der Waals surface area contributed by atoms with Gasteiger partial charge < -0.3 is 71.3 Å². The van der Waals surface area contributed by atoms with E-state index in [1.54, 1.807) is 121 Å². The molecule has 0 aromatic heterocycles. The predicted molar refractivity (Wildman–Crippen MR) is 448 cm³/mol. The maximum Gasteiger partial charge on any atom is 0.259 e. The van der Waals surface area contributed by atoms with Gasteiger partial charge in [0.25, 0.3) is 57.8 Å². The van der Waals surface area contributed by atoms with Crippen molar-refractivity contribution < 1.29 is 81.6 Å². The summed E-state index contributed by atoms with van der Waals surface area (Å²) in [5, 5.41) is 10.2. The van der Waals surface area contributed by atoms with E-state index in [0.29, 0.717) is 149 Å². The van der Waals surface area contributed by atoms with Crippen LogP contribution in [0.2, 0.25) is 0 Å². The van der Waals surface area contributed by atoms with Crippen molar-refractivity contribution in [1.29, 1.82) is 0 Å². The second-order valence-corrected chi connectivity index (χ2v) is 37.5. The molecule has 0 radical (unpaired) electrons. The van der Waals surface area contributed by atoms with E-state index in [9.17, 15) is 58.0 Å². The van der Waals surface area contributed by atoms with Crippen LogP contribution in [0, 0.1) is 30.6 Å². The molecule has 9 N–H and O–H groups in total. The number of phenolic OH excluding ortho intramolecular Hbond substituents is 1. The van der Waals surface area contributed by atoms with Gasteiger partial charge in [0.05, 0.1) is 83.8 Å². The number of carbonyl (C=O) groups is 4. The van der Waals surface area contributed by atoms with Gasteiger partial charge in [-0.05, 0) is 165 Å². The molecule has 34 heteroatoms. The van der Waals surface area contributed by atoms with Crippen LogP contribution in [0.4, 0.5) is 0 Å². The lowest BCUT2D eigenvalue weighted by atomic mass is 9.97. The molecule has 7 aromatic rings. The average molecular weight is 1690 g/mol. The van der Waals surface area contributed by atoms with E-state index in [2.05, 4.69) is 17.6 Å². The van der Waals surface area contributed by atoms with Crippen LogP contribution in [0.3, 0.4) is 0 Å². The number of nitrogens with zero attached hydrogens (tertiary/aromatic N) is 8. The number of sulfonamides is 4. The van der Waals surface area contributed by atoms with Gasteiger partial charge in [-0.15, -0.1) is 17.6 Å². The average Bonchev–Trinajstić information content (AvgIpc) is 0.791. The Labute approximate surface area is 688 Å². The van der Waals surface area contributed by atoms with E-state index in [4.69, 9.17) is 46.6 Å². The molecule has 0 bridgehead atoms. The van der Waals surface area contributed by atoms with E-state index in [1.807, 2.05) is 71.9 Å². The number of hydrogen-bond donors (Lipinski definition) is 5.